The van der Waals surface area contributed by atoms with Gasteiger partial charge in [-0.2, -0.15) is 0 Å². The summed E-state index contributed by atoms with van der Waals surface area (Å²) in [6.07, 6.45) is 1.86. The van der Waals surface area contributed by atoms with Crippen molar-refractivity contribution in [1.29, 1.82) is 0 Å². The maximum atomic E-state index is 6.21. The maximum Gasteiger partial charge on any atom is 0.143 e. The number of aryl methyl sites for hydroxylation is 1. The normalized spacial score (nSPS) is 11.0. The quantitative estimate of drug-likeness (QED) is 0.456. The smallest absolute Gasteiger partial charge is 0.143 e. The van der Waals surface area contributed by atoms with E-state index in [4.69, 9.17) is 28.2 Å². The van der Waals surface area contributed by atoms with E-state index in [1.165, 1.54) is 0 Å². The number of hydrogen-bond acceptors (Lipinski definition) is 2. The van der Waals surface area contributed by atoms with Gasteiger partial charge in [0.25, 0.3) is 0 Å². The molecule has 0 amide bonds. The molecule has 1 N–H and O–H groups in total. The van der Waals surface area contributed by atoms with Crippen molar-refractivity contribution in [3.8, 4) is 11.3 Å². The van der Waals surface area contributed by atoms with Crippen LogP contribution in [0.2, 0.25) is 10.0 Å². The van der Waals surface area contributed by atoms with Crippen LogP contribution in [-0.2, 0) is 0 Å². The lowest BCUT2D eigenvalue weighted by atomic mass is 10.1. The molecule has 0 fully saturated rings. The van der Waals surface area contributed by atoms with Crippen LogP contribution < -0.4 is 5.32 Å². The summed E-state index contributed by atoms with van der Waals surface area (Å²) in [4.78, 5) is 4.77. The minimum absolute atomic E-state index is 0.648. The fourth-order valence-corrected chi connectivity index (χ4v) is 3.17. The Hall–Kier alpha value is -2.49. The van der Waals surface area contributed by atoms with Crippen LogP contribution in [0.15, 0.2) is 66.9 Å². The first-order valence-electron chi connectivity index (χ1n) is 7.88. The van der Waals surface area contributed by atoms with Crippen LogP contribution in [-0.4, -0.2) is 9.38 Å². The van der Waals surface area contributed by atoms with Crippen molar-refractivity contribution in [2.24, 2.45) is 0 Å². The number of fused-ring (bicyclic) bond motifs is 1. The lowest BCUT2D eigenvalue weighted by Crippen LogP contribution is -1.98. The first-order chi connectivity index (χ1) is 12.1. The second-order valence-corrected chi connectivity index (χ2v) is 6.71. The van der Waals surface area contributed by atoms with Gasteiger partial charge in [-0.25, -0.2) is 4.98 Å². The van der Waals surface area contributed by atoms with E-state index in [0.717, 1.165) is 34.0 Å². The molecule has 25 heavy (non-hydrogen) atoms. The van der Waals surface area contributed by atoms with Crippen LogP contribution in [0.4, 0.5) is 11.5 Å². The van der Waals surface area contributed by atoms with E-state index >= 15 is 0 Å². The number of anilines is 2. The van der Waals surface area contributed by atoms with Crippen LogP contribution in [0.3, 0.4) is 0 Å². The van der Waals surface area contributed by atoms with Gasteiger partial charge in [0.2, 0.25) is 0 Å². The average molecular weight is 368 g/mol. The second-order valence-electron chi connectivity index (χ2n) is 5.83. The number of para-hydroxylation sites is 1. The average Bonchev–Trinajstić information content (AvgIpc) is 2.95. The zero-order chi connectivity index (χ0) is 17.4. The maximum absolute atomic E-state index is 6.21. The number of rotatable bonds is 3. The molecule has 0 aliphatic rings. The summed E-state index contributed by atoms with van der Waals surface area (Å²) in [6.45, 7) is 2.07. The van der Waals surface area contributed by atoms with Crippen LogP contribution >= 0.6 is 23.2 Å². The summed E-state index contributed by atoms with van der Waals surface area (Å²) in [7, 11) is 0. The van der Waals surface area contributed by atoms with Gasteiger partial charge in [0.1, 0.15) is 17.2 Å². The SMILES string of the molecule is Cc1ccccc1Nc1c(-c2cccc(Cl)c2)nc2ccc(Cl)cn12. The highest BCUT2D eigenvalue weighted by atomic mass is 35.5. The molecule has 0 spiro atoms. The van der Waals surface area contributed by atoms with Crippen LogP contribution in [0.25, 0.3) is 16.9 Å². The largest absolute Gasteiger partial charge is 0.339 e. The Bertz CT molecular complexity index is 1070. The minimum Gasteiger partial charge on any atom is -0.339 e. The Morgan fingerprint density at radius 2 is 1.76 bits per heavy atom. The van der Waals surface area contributed by atoms with Crippen molar-refractivity contribution < 1.29 is 0 Å². The molecule has 2 heterocycles. The Balaban J connectivity index is 1.94. The van der Waals surface area contributed by atoms with Crippen LogP contribution in [0, 0.1) is 6.92 Å². The summed E-state index contributed by atoms with van der Waals surface area (Å²) in [5.41, 5.74) is 4.76. The number of pyridine rings is 1. The standard InChI is InChI=1S/C20H15Cl2N3/c1-13-5-2-3-8-17(13)23-20-19(14-6-4-7-15(21)11-14)24-18-10-9-16(22)12-25(18)20/h2-12,23H,1H3. The summed E-state index contributed by atoms with van der Waals surface area (Å²) >= 11 is 12.4. The molecule has 2 aromatic heterocycles. The van der Waals surface area contributed by atoms with Crippen molar-refractivity contribution in [2.75, 3.05) is 5.32 Å². The molecule has 5 heteroatoms. The summed E-state index contributed by atoms with van der Waals surface area (Å²) in [6, 6.07) is 19.6. The first kappa shape index (κ1) is 16.0. The number of aromatic nitrogens is 2. The zero-order valence-corrected chi connectivity index (χ0v) is 15.0. The molecular weight excluding hydrogens is 353 g/mol. The van der Waals surface area contributed by atoms with Crippen molar-refractivity contribution in [2.45, 2.75) is 6.92 Å². The number of nitrogens with one attached hydrogen (secondary N) is 1. The van der Waals surface area contributed by atoms with Crippen molar-refractivity contribution in [3.63, 3.8) is 0 Å². The summed E-state index contributed by atoms with van der Waals surface area (Å²) in [5.74, 6) is 0.856. The van der Waals surface area contributed by atoms with Gasteiger partial charge in [0.05, 0.1) is 5.02 Å². The highest BCUT2D eigenvalue weighted by Gasteiger charge is 2.15. The Kier molecular flexibility index (Phi) is 4.12. The third-order valence-electron chi connectivity index (χ3n) is 4.08. The molecule has 0 unspecified atom stereocenters. The van der Waals surface area contributed by atoms with Crippen molar-refractivity contribution in [1.82, 2.24) is 9.38 Å². The van der Waals surface area contributed by atoms with Crippen molar-refractivity contribution in [3.05, 3.63) is 82.5 Å². The molecule has 0 radical (unpaired) electrons. The molecular formula is C20H15Cl2N3. The highest BCUT2D eigenvalue weighted by Crippen LogP contribution is 2.33. The van der Waals surface area contributed by atoms with Gasteiger partial charge in [0.15, 0.2) is 0 Å². The Morgan fingerprint density at radius 1 is 0.920 bits per heavy atom. The predicted molar refractivity (Wildman–Crippen MR) is 105 cm³/mol. The van der Waals surface area contributed by atoms with E-state index in [1.54, 1.807) is 0 Å². The van der Waals surface area contributed by atoms with Gasteiger partial charge in [-0.15, -0.1) is 0 Å². The molecule has 0 saturated heterocycles. The van der Waals surface area contributed by atoms with Gasteiger partial charge >= 0.3 is 0 Å². The van der Waals surface area contributed by atoms with Crippen LogP contribution in [0.1, 0.15) is 5.56 Å². The van der Waals surface area contributed by atoms with E-state index in [9.17, 15) is 0 Å². The molecule has 4 rings (SSSR count). The van der Waals surface area contributed by atoms with E-state index in [1.807, 2.05) is 65.2 Å². The first-order valence-corrected chi connectivity index (χ1v) is 8.63. The number of benzene rings is 2. The highest BCUT2D eigenvalue weighted by molar-refractivity contribution is 6.31. The molecule has 0 aliphatic carbocycles. The van der Waals surface area contributed by atoms with Gasteiger partial charge in [-0.1, -0.05) is 53.5 Å². The van der Waals surface area contributed by atoms with Crippen LogP contribution in [0.5, 0.6) is 0 Å². The zero-order valence-electron chi connectivity index (χ0n) is 13.5. The van der Waals surface area contributed by atoms with Gasteiger partial charge in [0, 0.05) is 22.5 Å². The molecule has 0 aliphatic heterocycles. The minimum atomic E-state index is 0.648. The van der Waals surface area contributed by atoms with E-state index < -0.39 is 0 Å². The predicted octanol–water partition coefficient (Wildman–Crippen LogP) is 6.36. The second kappa shape index (κ2) is 6.43. The summed E-state index contributed by atoms with van der Waals surface area (Å²) in [5, 5.41) is 4.83. The molecule has 0 saturated carbocycles. The van der Waals surface area contributed by atoms with E-state index in [-0.39, 0.29) is 0 Å². The monoisotopic (exact) mass is 367 g/mol. The van der Waals surface area contributed by atoms with Gasteiger partial charge in [-0.3, -0.25) is 4.40 Å². The molecule has 2 aromatic carbocycles. The molecule has 3 nitrogen and oxygen atoms in total. The lowest BCUT2D eigenvalue weighted by Gasteiger charge is -2.11. The molecule has 0 bridgehead atoms. The Labute approximate surface area is 155 Å². The lowest BCUT2D eigenvalue weighted by molar-refractivity contribution is 1.18. The number of hydrogen-bond donors (Lipinski definition) is 1. The summed E-state index contributed by atoms with van der Waals surface area (Å²) < 4.78 is 1.96. The van der Waals surface area contributed by atoms with Gasteiger partial charge in [-0.05, 0) is 42.8 Å². The van der Waals surface area contributed by atoms with Gasteiger partial charge < -0.3 is 5.32 Å². The van der Waals surface area contributed by atoms with E-state index in [0.29, 0.717) is 10.0 Å². The Morgan fingerprint density at radius 3 is 2.56 bits per heavy atom. The third-order valence-corrected chi connectivity index (χ3v) is 4.54. The van der Waals surface area contributed by atoms with E-state index in [2.05, 4.69) is 18.3 Å². The fraction of sp³-hybridized carbons (Fsp3) is 0.0500. The molecule has 0 atom stereocenters. The third kappa shape index (κ3) is 3.09. The topological polar surface area (TPSA) is 29.3 Å². The fourth-order valence-electron chi connectivity index (χ4n) is 2.82. The molecule has 4 aromatic rings. The molecule has 124 valence electrons. The van der Waals surface area contributed by atoms with Crippen molar-refractivity contribution >= 4 is 40.4 Å². The number of imidazole rings is 1. The number of nitrogens with zero attached hydrogens (tertiary/aromatic N) is 2. The number of halogens is 2.